The number of ether oxygens (including phenoxy) is 1. The third-order valence-corrected chi connectivity index (χ3v) is 8.04. The molecule has 0 bridgehead atoms. The van der Waals surface area contributed by atoms with Crippen LogP contribution in [0, 0.1) is 11.7 Å². The number of methoxy groups -OCH3 is 1. The summed E-state index contributed by atoms with van der Waals surface area (Å²) in [7, 11) is 3.38. The van der Waals surface area contributed by atoms with Crippen LogP contribution in [0.5, 0.6) is 0 Å². The number of rotatable bonds is 5. The number of hydrogen-bond donors (Lipinski definition) is 3. The Bertz CT molecular complexity index is 1320. The van der Waals surface area contributed by atoms with Gasteiger partial charge in [-0.2, -0.15) is 0 Å². The summed E-state index contributed by atoms with van der Waals surface area (Å²) in [5.74, 6) is -1.76. The normalized spacial score (nSPS) is 22.1. The van der Waals surface area contributed by atoms with Crippen molar-refractivity contribution < 1.29 is 23.5 Å². The van der Waals surface area contributed by atoms with Crippen LogP contribution in [-0.4, -0.2) is 65.4 Å². The van der Waals surface area contributed by atoms with Crippen LogP contribution < -0.4 is 10.6 Å². The van der Waals surface area contributed by atoms with E-state index in [1.54, 1.807) is 12.1 Å². The number of carbonyl (C=O) groups is 3. The molecular weight excluding hydrogens is 485 g/mol. The molecule has 0 radical (unpaired) electrons. The Labute approximate surface area is 211 Å². The summed E-state index contributed by atoms with van der Waals surface area (Å²) in [5.41, 5.74) is 1.91. The highest BCUT2D eigenvalue weighted by Crippen LogP contribution is 2.28. The fourth-order valence-electron chi connectivity index (χ4n) is 5.01. The summed E-state index contributed by atoms with van der Waals surface area (Å²) in [6.07, 6.45) is 2.16. The average molecular weight is 514 g/mol. The van der Waals surface area contributed by atoms with E-state index in [0.29, 0.717) is 40.9 Å². The van der Waals surface area contributed by atoms with Crippen molar-refractivity contribution in [3.05, 3.63) is 51.4 Å². The average Bonchev–Trinajstić information content (AvgIpc) is 3.48. The van der Waals surface area contributed by atoms with Gasteiger partial charge in [0.15, 0.2) is 5.01 Å². The first-order valence-corrected chi connectivity index (χ1v) is 12.8. The molecule has 1 fully saturated rings. The third-order valence-electron chi connectivity index (χ3n) is 6.96. The Kier molecular flexibility index (Phi) is 6.76. The van der Waals surface area contributed by atoms with E-state index in [2.05, 4.69) is 25.5 Å². The Balaban J connectivity index is 1.33. The van der Waals surface area contributed by atoms with Crippen molar-refractivity contribution in [2.45, 2.75) is 44.3 Å². The third kappa shape index (κ3) is 4.98. The van der Waals surface area contributed by atoms with Crippen LogP contribution in [0.1, 0.15) is 50.1 Å². The lowest BCUT2D eigenvalue weighted by Crippen LogP contribution is -2.55. The van der Waals surface area contributed by atoms with Crippen molar-refractivity contribution >= 4 is 40.0 Å². The van der Waals surface area contributed by atoms with Gasteiger partial charge in [0.25, 0.3) is 11.8 Å². The number of nitrogens with zero attached hydrogens (tertiary/aromatic N) is 2. The van der Waals surface area contributed by atoms with Crippen LogP contribution >= 0.6 is 11.3 Å². The van der Waals surface area contributed by atoms with Crippen molar-refractivity contribution in [2.75, 3.05) is 20.7 Å². The summed E-state index contributed by atoms with van der Waals surface area (Å²) < 4.78 is 18.5. The zero-order chi connectivity index (χ0) is 25.4. The number of hydrogen-bond acceptors (Lipinski definition) is 7. The summed E-state index contributed by atoms with van der Waals surface area (Å²) >= 11 is 1.38. The molecule has 36 heavy (non-hydrogen) atoms. The number of likely N-dealkylation sites (N-methyl/N-ethyl adjacent to an activating group) is 1. The van der Waals surface area contributed by atoms with Gasteiger partial charge in [-0.3, -0.25) is 14.4 Å². The van der Waals surface area contributed by atoms with Gasteiger partial charge >= 0.3 is 5.97 Å². The van der Waals surface area contributed by atoms with E-state index in [1.165, 1.54) is 30.6 Å². The molecule has 1 aromatic carbocycles. The zero-order valence-corrected chi connectivity index (χ0v) is 20.9. The van der Waals surface area contributed by atoms with E-state index in [9.17, 15) is 18.8 Å². The molecule has 5 rings (SSSR count). The maximum atomic E-state index is 13.6. The molecule has 11 heteroatoms. The lowest BCUT2D eigenvalue weighted by molar-refractivity contribution is -0.146. The first-order chi connectivity index (χ1) is 17.3. The van der Waals surface area contributed by atoms with Crippen molar-refractivity contribution in [3.8, 4) is 0 Å². The minimum Gasteiger partial charge on any atom is -0.469 e. The quantitative estimate of drug-likeness (QED) is 0.452. The van der Waals surface area contributed by atoms with E-state index in [1.807, 2.05) is 7.05 Å². The van der Waals surface area contributed by atoms with Crippen LogP contribution in [0.4, 0.5) is 4.39 Å². The Hall–Kier alpha value is -3.31. The van der Waals surface area contributed by atoms with E-state index in [0.717, 1.165) is 30.1 Å². The lowest BCUT2D eigenvalue weighted by Gasteiger charge is -2.35. The van der Waals surface area contributed by atoms with Crippen LogP contribution in [-0.2, 0) is 22.5 Å². The molecule has 1 aliphatic carbocycles. The minimum absolute atomic E-state index is 0.299. The first-order valence-electron chi connectivity index (χ1n) is 12.0. The molecule has 2 aromatic heterocycles. The van der Waals surface area contributed by atoms with Gasteiger partial charge in [-0.05, 0) is 50.6 Å². The topological polar surface area (TPSA) is 116 Å². The fourth-order valence-corrected chi connectivity index (χ4v) is 6.10. The molecule has 2 amide bonds. The molecule has 3 unspecified atom stereocenters. The monoisotopic (exact) mass is 513 g/mol. The van der Waals surface area contributed by atoms with Crippen molar-refractivity contribution in [1.82, 2.24) is 25.5 Å². The summed E-state index contributed by atoms with van der Waals surface area (Å²) in [4.78, 5) is 49.3. The second kappa shape index (κ2) is 9.98. The van der Waals surface area contributed by atoms with E-state index < -0.39 is 12.1 Å². The summed E-state index contributed by atoms with van der Waals surface area (Å²) in [6.45, 7) is 1.66. The minimum atomic E-state index is -0.482. The number of amides is 2. The number of esters is 1. The van der Waals surface area contributed by atoms with Crippen LogP contribution in [0.15, 0.2) is 24.3 Å². The molecule has 3 heterocycles. The smallest absolute Gasteiger partial charge is 0.308 e. The molecule has 3 atom stereocenters. The molecular formula is C25H28FN5O4S. The maximum absolute atomic E-state index is 13.6. The number of halogens is 1. The van der Waals surface area contributed by atoms with Gasteiger partial charge in [0, 0.05) is 41.3 Å². The van der Waals surface area contributed by atoms with Gasteiger partial charge in [0.2, 0.25) is 0 Å². The molecule has 3 N–H and O–H groups in total. The van der Waals surface area contributed by atoms with Crippen molar-refractivity contribution in [2.24, 2.45) is 5.92 Å². The molecule has 0 saturated heterocycles. The van der Waals surface area contributed by atoms with Gasteiger partial charge in [0.1, 0.15) is 11.5 Å². The van der Waals surface area contributed by atoms with Gasteiger partial charge in [-0.1, -0.05) is 0 Å². The van der Waals surface area contributed by atoms with Crippen LogP contribution in [0.3, 0.4) is 0 Å². The number of aromatic amines is 1. The second-order valence-corrected chi connectivity index (χ2v) is 10.6. The molecule has 1 aliphatic heterocycles. The first kappa shape index (κ1) is 24.4. The fraction of sp³-hybridized carbons (Fsp3) is 0.440. The molecule has 2 aliphatic rings. The van der Waals surface area contributed by atoms with Crippen LogP contribution in [0.25, 0.3) is 10.9 Å². The predicted molar refractivity (Wildman–Crippen MR) is 132 cm³/mol. The molecule has 1 saturated carbocycles. The van der Waals surface area contributed by atoms with Gasteiger partial charge < -0.3 is 25.3 Å². The number of nitrogens with one attached hydrogen (secondary N) is 3. The highest BCUT2D eigenvalue weighted by Gasteiger charge is 2.37. The Morgan fingerprint density at radius 3 is 2.78 bits per heavy atom. The van der Waals surface area contributed by atoms with Crippen molar-refractivity contribution in [1.29, 1.82) is 0 Å². The number of aromatic nitrogens is 2. The van der Waals surface area contributed by atoms with E-state index in [-0.39, 0.29) is 29.5 Å². The zero-order valence-electron chi connectivity index (χ0n) is 20.1. The summed E-state index contributed by atoms with van der Waals surface area (Å²) in [5, 5.41) is 7.00. The highest BCUT2D eigenvalue weighted by molar-refractivity contribution is 7.13. The van der Waals surface area contributed by atoms with Gasteiger partial charge in [-0.25, -0.2) is 9.37 Å². The van der Waals surface area contributed by atoms with Gasteiger partial charge in [-0.15, -0.1) is 11.3 Å². The number of thiazole rings is 1. The molecule has 0 spiro atoms. The van der Waals surface area contributed by atoms with Crippen molar-refractivity contribution in [3.63, 3.8) is 0 Å². The lowest BCUT2D eigenvalue weighted by atomic mass is 9.82. The number of H-pyrrole nitrogens is 1. The number of benzene rings is 1. The molecule has 9 nitrogen and oxygen atoms in total. The SMILES string of the molecule is COC(=O)C1CCC(NC(=O)c2cc3cc(F)ccc3[nH]2)C(NC(=O)c2nc3c(s2)CN(C)CC3)C1. The Morgan fingerprint density at radius 1 is 1.17 bits per heavy atom. The predicted octanol–water partition coefficient (Wildman–Crippen LogP) is 2.62. The molecule has 3 aromatic rings. The largest absolute Gasteiger partial charge is 0.469 e. The number of carbonyl (C=O) groups excluding carboxylic acids is 3. The van der Waals surface area contributed by atoms with Crippen LogP contribution in [0.2, 0.25) is 0 Å². The highest BCUT2D eigenvalue weighted by atomic mass is 32.1. The van der Waals surface area contributed by atoms with Gasteiger partial charge in [0.05, 0.1) is 24.8 Å². The Morgan fingerprint density at radius 2 is 1.97 bits per heavy atom. The summed E-state index contributed by atoms with van der Waals surface area (Å²) in [6, 6.07) is 4.99. The van der Waals surface area contributed by atoms with E-state index >= 15 is 0 Å². The maximum Gasteiger partial charge on any atom is 0.308 e. The van der Waals surface area contributed by atoms with E-state index in [4.69, 9.17) is 4.74 Å². The molecule has 190 valence electrons. The standard InChI is InChI=1S/C25H28FN5O4S/c1-31-8-7-18-21(12-31)36-24(30-18)23(33)29-19-10-13(25(34)35-2)3-5-17(19)28-22(32)20-11-14-9-15(26)4-6-16(14)27-20/h4,6,9,11,13,17,19,27H,3,5,7-8,10,12H2,1-2H3,(H,28,32)(H,29,33). The second-order valence-electron chi connectivity index (χ2n) is 9.48. The number of fused-ring (bicyclic) bond motifs is 2.